The highest BCUT2D eigenvalue weighted by atomic mass is 16.4. The van der Waals surface area contributed by atoms with Crippen LogP contribution in [0.3, 0.4) is 0 Å². The van der Waals surface area contributed by atoms with Crippen molar-refractivity contribution >= 4 is 5.97 Å². The van der Waals surface area contributed by atoms with E-state index in [-0.39, 0.29) is 6.42 Å². The summed E-state index contributed by atoms with van der Waals surface area (Å²) in [4.78, 5) is 10.2. The van der Waals surface area contributed by atoms with Gasteiger partial charge in [0.05, 0.1) is 0 Å². The molecular weight excluding hydrogens is 176 g/mol. The number of hydrogen-bond donors (Lipinski definition) is 1. The average molecular weight is 190 g/mol. The van der Waals surface area contributed by atoms with E-state index in [0.29, 0.717) is 6.42 Å². The first kappa shape index (κ1) is 10.5. The van der Waals surface area contributed by atoms with E-state index in [9.17, 15) is 4.79 Å². The molecule has 14 heavy (non-hydrogen) atoms. The van der Waals surface area contributed by atoms with Crippen LogP contribution in [-0.4, -0.2) is 11.1 Å². The Kier molecular flexibility index (Phi) is 4.48. The summed E-state index contributed by atoms with van der Waals surface area (Å²) >= 11 is 0. The van der Waals surface area contributed by atoms with Gasteiger partial charge in [0.1, 0.15) is 0 Å². The first-order valence-electron chi connectivity index (χ1n) is 4.70. The van der Waals surface area contributed by atoms with E-state index in [4.69, 9.17) is 5.11 Å². The second-order valence-corrected chi connectivity index (χ2v) is 3.09. The number of carbonyl (C=O) groups is 1. The van der Waals surface area contributed by atoms with E-state index in [1.165, 1.54) is 5.56 Å². The summed E-state index contributed by atoms with van der Waals surface area (Å²) in [6.45, 7) is 0. The van der Waals surface area contributed by atoms with Crippen LogP contribution in [-0.2, 0) is 11.2 Å². The molecule has 0 unspecified atom stereocenters. The van der Waals surface area contributed by atoms with Crippen LogP contribution >= 0.6 is 0 Å². The number of rotatable bonds is 5. The zero-order chi connectivity index (χ0) is 10.2. The second kappa shape index (κ2) is 5.97. The summed E-state index contributed by atoms with van der Waals surface area (Å²) in [6.07, 6.45) is 5.63. The highest BCUT2D eigenvalue weighted by molar-refractivity contribution is 5.66. The molecule has 0 spiro atoms. The van der Waals surface area contributed by atoms with Crippen molar-refractivity contribution in [2.75, 3.05) is 0 Å². The van der Waals surface area contributed by atoms with Crippen molar-refractivity contribution in [2.24, 2.45) is 0 Å². The zero-order valence-corrected chi connectivity index (χ0v) is 8.02. The first-order chi connectivity index (χ1) is 6.79. The first-order valence-corrected chi connectivity index (χ1v) is 4.70. The molecule has 74 valence electrons. The van der Waals surface area contributed by atoms with Gasteiger partial charge in [-0.15, -0.1) is 0 Å². The maximum absolute atomic E-state index is 10.2. The number of benzene rings is 1. The molecule has 2 heteroatoms. The molecule has 1 N–H and O–H groups in total. The van der Waals surface area contributed by atoms with E-state index in [0.717, 1.165) is 6.42 Å². The van der Waals surface area contributed by atoms with Crippen LogP contribution in [0, 0.1) is 0 Å². The van der Waals surface area contributed by atoms with E-state index in [1.54, 1.807) is 0 Å². The summed E-state index contributed by atoms with van der Waals surface area (Å²) in [5.74, 6) is -0.741. The van der Waals surface area contributed by atoms with Crippen LogP contribution in [0.25, 0.3) is 0 Å². The molecule has 0 saturated carbocycles. The minimum Gasteiger partial charge on any atom is -0.481 e. The van der Waals surface area contributed by atoms with Crippen LogP contribution in [0.2, 0.25) is 0 Å². The lowest BCUT2D eigenvalue weighted by Crippen LogP contribution is -1.91. The van der Waals surface area contributed by atoms with Gasteiger partial charge >= 0.3 is 5.97 Å². The van der Waals surface area contributed by atoms with Gasteiger partial charge in [-0.3, -0.25) is 4.79 Å². The van der Waals surface area contributed by atoms with Gasteiger partial charge in [-0.25, -0.2) is 0 Å². The summed E-state index contributed by atoms with van der Waals surface area (Å²) in [7, 11) is 0. The number of aliphatic carboxylic acids is 1. The monoisotopic (exact) mass is 190 g/mol. The lowest BCUT2D eigenvalue weighted by atomic mass is 10.1. The predicted octanol–water partition coefficient (Wildman–Crippen LogP) is 2.65. The highest BCUT2D eigenvalue weighted by Crippen LogP contribution is 2.01. The SMILES string of the molecule is O=C(O)CC/C=C/Cc1ccccc1. The maximum Gasteiger partial charge on any atom is 0.303 e. The molecule has 0 fully saturated rings. The second-order valence-electron chi connectivity index (χ2n) is 3.09. The molecule has 0 aliphatic heterocycles. The molecule has 2 nitrogen and oxygen atoms in total. The molecule has 0 aliphatic carbocycles. The van der Waals surface area contributed by atoms with Gasteiger partial charge in [0.25, 0.3) is 0 Å². The van der Waals surface area contributed by atoms with E-state index < -0.39 is 5.97 Å². The number of carboxylic acids is 1. The van der Waals surface area contributed by atoms with Gasteiger partial charge < -0.3 is 5.11 Å². The zero-order valence-electron chi connectivity index (χ0n) is 8.02. The van der Waals surface area contributed by atoms with Gasteiger partial charge in [0, 0.05) is 6.42 Å². The molecular formula is C12H14O2. The number of hydrogen-bond acceptors (Lipinski definition) is 1. The molecule has 1 aromatic carbocycles. The van der Waals surface area contributed by atoms with Crippen molar-refractivity contribution in [3.8, 4) is 0 Å². The fourth-order valence-electron chi connectivity index (χ4n) is 1.16. The Morgan fingerprint density at radius 2 is 1.93 bits per heavy atom. The molecule has 0 aliphatic rings. The van der Waals surface area contributed by atoms with Crippen molar-refractivity contribution in [3.63, 3.8) is 0 Å². The van der Waals surface area contributed by atoms with Crippen LogP contribution in [0.1, 0.15) is 18.4 Å². The largest absolute Gasteiger partial charge is 0.481 e. The van der Waals surface area contributed by atoms with Crippen LogP contribution < -0.4 is 0 Å². The van der Waals surface area contributed by atoms with E-state index in [1.807, 2.05) is 30.4 Å². The molecule has 0 bridgehead atoms. The van der Waals surface area contributed by atoms with Gasteiger partial charge in [-0.05, 0) is 18.4 Å². The van der Waals surface area contributed by atoms with E-state index in [2.05, 4.69) is 12.1 Å². The summed E-state index contributed by atoms with van der Waals surface area (Å²) < 4.78 is 0. The molecule has 1 aromatic rings. The summed E-state index contributed by atoms with van der Waals surface area (Å²) in [5, 5.41) is 8.40. The van der Waals surface area contributed by atoms with Gasteiger partial charge in [-0.1, -0.05) is 42.5 Å². The molecule has 0 atom stereocenters. The van der Waals surface area contributed by atoms with Crippen molar-refractivity contribution in [1.82, 2.24) is 0 Å². The van der Waals surface area contributed by atoms with Gasteiger partial charge in [0.15, 0.2) is 0 Å². The van der Waals surface area contributed by atoms with Crippen LogP contribution in [0.5, 0.6) is 0 Å². The molecule has 0 amide bonds. The Morgan fingerprint density at radius 1 is 1.21 bits per heavy atom. The fourth-order valence-corrected chi connectivity index (χ4v) is 1.16. The van der Waals surface area contributed by atoms with Crippen molar-refractivity contribution in [2.45, 2.75) is 19.3 Å². The third kappa shape index (κ3) is 4.45. The molecule has 1 rings (SSSR count). The Bertz CT molecular complexity index is 301. The molecule has 0 aromatic heterocycles. The van der Waals surface area contributed by atoms with Crippen LogP contribution in [0.15, 0.2) is 42.5 Å². The number of carboxylic acid groups (broad SMARTS) is 1. The summed E-state index contributed by atoms with van der Waals surface area (Å²) in [6, 6.07) is 10.1. The Balaban J connectivity index is 2.24. The third-order valence-corrected chi connectivity index (χ3v) is 1.89. The van der Waals surface area contributed by atoms with E-state index >= 15 is 0 Å². The van der Waals surface area contributed by atoms with Crippen LogP contribution in [0.4, 0.5) is 0 Å². The molecule has 0 saturated heterocycles. The highest BCUT2D eigenvalue weighted by Gasteiger charge is 1.91. The average Bonchev–Trinajstić information content (AvgIpc) is 2.18. The van der Waals surface area contributed by atoms with Crippen molar-refractivity contribution in [3.05, 3.63) is 48.0 Å². The quantitative estimate of drug-likeness (QED) is 0.725. The minimum atomic E-state index is -0.741. The van der Waals surface area contributed by atoms with Crippen molar-refractivity contribution < 1.29 is 9.90 Å². The van der Waals surface area contributed by atoms with Crippen molar-refractivity contribution in [1.29, 1.82) is 0 Å². The topological polar surface area (TPSA) is 37.3 Å². The standard InChI is InChI=1S/C12H14O2/c13-12(14)10-6-2-5-9-11-7-3-1-4-8-11/h1-5,7-8H,6,9-10H2,(H,13,14)/b5-2+. The maximum atomic E-state index is 10.2. The molecule has 0 heterocycles. The van der Waals surface area contributed by atoms with Gasteiger partial charge in [0.2, 0.25) is 0 Å². The normalized spacial score (nSPS) is 10.6. The van der Waals surface area contributed by atoms with Gasteiger partial charge in [-0.2, -0.15) is 0 Å². The fraction of sp³-hybridized carbons (Fsp3) is 0.250. The third-order valence-electron chi connectivity index (χ3n) is 1.89. The predicted molar refractivity (Wildman–Crippen MR) is 56.2 cm³/mol. The lowest BCUT2D eigenvalue weighted by molar-refractivity contribution is -0.136. The smallest absolute Gasteiger partial charge is 0.303 e. The lowest BCUT2D eigenvalue weighted by Gasteiger charge is -1.93. The Hall–Kier alpha value is -1.57. The molecule has 0 radical (unpaired) electrons. The number of allylic oxidation sites excluding steroid dienone is 2. The summed E-state index contributed by atoms with van der Waals surface area (Å²) in [5.41, 5.74) is 1.25. The Labute approximate surface area is 83.9 Å². The minimum absolute atomic E-state index is 0.214. The Morgan fingerprint density at radius 3 is 2.57 bits per heavy atom.